The Morgan fingerprint density at radius 2 is 1.72 bits per heavy atom. The molecule has 2 fully saturated rings. The molecule has 2 aliphatic rings. The van der Waals surface area contributed by atoms with Crippen LogP contribution in [0.1, 0.15) is 34.5 Å². The van der Waals surface area contributed by atoms with Gasteiger partial charge in [0, 0.05) is 68.9 Å². The number of hydrogen-bond donors (Lipinski definition) is 1. The lowest BCUT2D eigenvalue weighted by Gasteiger charge is -2.38. The van der Waals surface area contributed by atoms with E-state index in [1.165, 1.54) is 7.11 Å². The third kappa shape index (κ3) is 6.87. The molecule has 11 heteroatoms. The van der Waals surface area contributed by atoms with E-state index < -0.39 is 17.4 Å². The molecule has 3 aromatic carbocycles. The van der Waals surface area contributed by atoms with Gasteiger partial charge in [0.25, 0.3) is 5.91 Å². The van der Waals surface area contributed by atoms with E-state index in [0.29, 0.717) is 49.9 Å². The average Bonchev–Trinajstić information content (AvgIpc) is 3.48. The minimum absolute atomic E-state index is 0.183. The van der Waals surface area contributed by atoms with Crippen LogP contribution in [-0.4, -0.2) is 73.4 Å². The van der Waals surface area contributed by atoms with Gasteiger partial charge in [-0.1, -0.05) is 41.9 Å². The van der Waals surface area contributed by atoms with Crippen LogP contribution in [0.2, 0.25) is 5.02 Å². The Morgan fingerprint density at radius 1 is 0.957 bits per heavy atom. The fourth-order valence-electron chi connectivity index (χ4n) is 6.08. The number of methoxy groups -OCH3 is 1. The van der Waals surface area contributed by atoms with E-state index >= 15 is 0 Å². The highest BCUT2D eigenvalue weighted by Gasteiger charge is 2.31. The largest absolute Gasteiger partial charge is 0.497 e. The number of likely N-dealkylation sites (tertiary alicyclic amines) is 1. The summed E-state index contributed by atoms with van der Waals surface area (Å²) in [6.07, 6.45) is 1.71. The summed E-state index contributed by atoms with van der Waals surface area (Å²) in [5.41, 5.74) is 2.81. The number of anilines is 1. The van der Waals surface area contributed by atoms with Gasteiger partial charge in [0.2, 0.25) is 11.8 Å². The van der Waals surface area contributed by atoms with Gasteiger partial charge >= 0.3 is 0 Å². The van der Waals surface area contributed by atoms with E-state index in [-0.39, 0.29) is 35.0 Å². The zero-order valence-corrected chi connectivity index (χ0v) is 26.3. The second-order valence-electron chi connectivity index (χ2n) is 11.6. The third-order valence-electron chi connectivity index (χ3n) is 8.57. The van der Waals surface area contributed by atoms with Gasteiger partial charge in [-0.15, -0.1) is 0 Å². The molecule has 3 heterocycles. The van der Waals surface area contributed by atoms with E-state index in [2.05, 4.69) is 22.3 Å². The average molecular weight is 643 g/mol. The number of carbonyl (C=O) groups excluding carboxylic acids is 3. The summed E-state index contributed by atoms with van der Waals surface area (Å²) in [5.74, 6) is -0.398. The first-order chi connectivity index (χ1) is 22.3. The third-order valence-corrected chi connectivity index (χ3v) is 8.82. The van der Waals surface area contributed by atoms with E-state index in [0.717, 1.165) is 35.8 Å². The molecule has 4 aromatic rings. The van der Waals surface area contributed by atoms with Gasteiger partial charge in [0.05, 0.1) is 12.5 Å². The standard InChI is InChI=1S/C35H35ClN4O6/c1-45-26-12-13-31-27(20-26)30(41)21-32(46-31)34(43)37-28(19-23-8-10-25(36)11-9-23)35(44)39-17-15-38(16-18-39)29-6-3-2-5-24(29)22-40-14-4-7-33(40)42/h2-3,5-6,8-13,20-21,28H,4,7,14-19,22H2,1H3,(H,37,43)/t28-/m1/s1. The second kappa shape index (κ2) is 13.7. The van der Waals surface area contributed by atoms with Crippen LogP contribution in [0, 0.1) is 0 Å². The van der Waals surface area contributed by atoms with Crippen molar-refractivity contribution in [1.82, 2.24) is 15.1 Å². The maximum Gasteiger partial charge on any atom is 0.287 e. The van der Waals surface area contributed by atoms with Gasteiger partial charge in [0.1, 0.15) is 17.4 Å². The Bertz CT molecular complexity index is 1820. The Hall–Kier alpha value is -4.83. The molecule has 0 spiro atoms. The summed E-state index contributed by atoms with van der Waals surface area (Å²) in [6.45, 7) is 3.45. The maximum absolute atomic E-state index is 14.0. The summed E-state index contributed by atoms with van der Waals surface area (Å²) in [6, 6.07) is 20.2. The number of amides is 3. The molecule has 10 nitrogen and oxygen atoms in total. The number of benzene rings is 3. The minimum atomic E-state index is -0.912. The molecule has 3 amide bonds. The predicted molar refractivity (Wildman–Crippen MR) is 175 cm³/mol. The van der Waals surface area contributed by atoms with Crippen molar-refractivity contribution in [2.75, 3.05) is 44.7 Å². The van der Waals surface area contributed by atoms with Crippen molar-refractivity contribution in [1.29, 1.82) is 0 Å². The van der Waals surface area contributed by atoms with E-state index in [1.807, 2.05) is 29.2 Å². The minimum Gasteiger partial charge on any atom is -0.497 e. The number of rotatable bonds is 9. The molecule has 1 aromatic heterocycles. The number of carbonyl (C=O) groups is 3. The fraction of sp³-hybridized carbons (Fsp3) is 0.314. The number of nitrogens with one attached hydrogen (secondary N) is 1. The summed E-state index contributed by atoms with van der Waals surface area (Å²) in [5, 5.41) is 3.69. The Kier molecular flexibility index (Phi) is 9.25. The number of fused-ring (bicyclic) bond motifs is 1. The molecule has 0 radical (unpaired) electrons. The normalized spacial score (nSPS) is 15.7. The van der Waals surface area contributed by atoms with Crippen LogP contribution in [0.3, 0.4) is 0 Å². The van der Waals surface area contributed by atoms with Crippen LogP contribution < -0.4 is 20.4 Å². The smallest absolute Gasteiger partial charge is 0.287 e. The van der Waals surface area contributed by atoms with Crippen molar-refractivity contribution in [2.24, 2.45) is 0 Å². The van der Waals surface area contributed by atoms with Crippen LogP contribution in [0.4, 0.5) is 5.69 Å². The molecular formula is C35H35ClN4O6. The Labute approximate surface area is 271 Å². The monoisotopic (exact) mass is 642 g/mol. The molecule has 46 heavy (non-hydrogen) atoms. The van der Waals surface area contributed by atoms with Crippen LogP contribution in [0.25, 0.3) is 11.0 Å². The van der Waals surface area contributed by atoms with Gasteiger partial charge in [-0.05, 0) is 53.9 Å². The summed E-state index contributed by atoms with van der Waals surface area (Å²) in [4.78, 5) is 58.4. The first-order valence-corrected chi connectivity index (χ1v) is 15.7. The Morgan fingerprint density at radius 3 is 2.43 bits per heavy atom. The van der Waals surface area contributed by atoms with E-state index in [1.54, 1.807) is 35.2 Å². The van der Waals surface area contributed by atoms with Crippen LogP contribution in [0.15, 0.2) is 82.0 Å². The lowest BCUT2D eigenvalue weighted by atomic mass is 10.0. The molecule has 1 atom stereocenters. The topological polar surface area (TPSA) is 112 Å². The van der Waals surface area contributed by atoms with Crippen molar-refractivity contribution >= 4 is 46.0 Å². The summed E-state index contributed by atoms with van der Waals surface area (Å²) < 4.78 is 11.0. The number of halogens is 1. The molecule has 238 valence electrons. The van der Waals surface area contributed by atoms with E-state index in [9.17, 15) is 19.2 Å². The highest BCUT2D eigenvalue weighted by molar-refractivity contribution is 6.30. The van der Waals surface area contributed by atoms with Gasteiger partial charge in [-0.3, -0.25) is 19.2 Å². The number of nitrogens with zero attached hydrogens (tertiary/aromatic N) is 3. The quantitative estimate of drug-likeness (QED) is 0.290. The lowest BCUT2D eigenvalue weighted by molar-refractivity contribution is -0.133. The summed E-state index contributed by atoms with van der Waals surface area (Å²) >= 11 is 6.09. The van der Waals surface area contributed by atoms with Crippen molar-refractivity contribution < 1.29 is 23.5 Å². The lowest BCUT2D eigenvalue weighted by Crippen LogP contribution is -2.55. The summed E-state index contributed by atoms with van der Waals surface area (Å²) in [7, 11) is 1.50. The number of para-hydroxylation sites is 1. The maximum atomic E-state index is 14.0. The molecular weight excluding hydrogens is 608 g/mol. The van der Waals surface area contributed by atoms with Crippen molar-refractivity contribution in [3.05, 3.63) is 105 Å². The molecule has 0 saturated carbocycles. The molecule has 0 aliphatic carbocycles. The van der Waals surface area contributed by atoms with Crippen LogP contribution in [-0.2, 0) is 22.6 Å². The number of ether oxygens (including phenoxy) is 1. The molecule has 6 rings (SSSR count). The van der Waals surface area contributed by atoms with Gasteiger partial charge in [-0.2, -0.15) is 0 Å². The highest BCUT2D eigenvalue weighted by Crippen LogP contribution is 2.26. The zero-order chi connectivity index (χ0) is 32.2. The second-order valence-corrected chi connectivity index (χ2v) is 12.0. The Balaban J connectivity index is 1.18. The van der Waals surface area contributed by atoms with Gasteiger partial charge in [0.15, 0.2) is 11.2 Å². The molecule has 0 unspecified atom stereocenters. The van der Waals surface area contributed by atoms with Gasteiger partial charge in [-0.25, -0.2) is 0 Å². The molecule has 0 bridgehead atoms. The van der Waals surface area contributed by atoms with Crippen molar-refractivity contribution in [2.45, 2.75) is 31.8 Å². The van der Waals surface area contributed by atoms with Gasteiger partial charge < -0.3 is 29.2 Å². The first-order valence-electron chi connectivity index (χ1n) is 15.4. The highest BCUT2D eigenvalue weighted by atomic mass is 35.5. The van der Waals surface area contributed by atoms with Crippen LogP contribution >= 0.6 is 11.6 Å². The molecule has 2 saturated heterocycles. The van der Waals surface area contributed by atoms with Crippen molar-refractivity contribution in [3.8, 4) is 5.75 Å². The fourth-order valence-corrected chi connectivity index (χ4v) is 6.20. The van der Waals surface area contributed by atoms with Crippen LogP contribution in [0.5, 0.6) is 5.75 Å². The zero-order valence-electron chi connectivity index (χ0n) is 25.5. The molecule has 1 N–H and O–H groups in total. The SMILES string of the molecule is COc1ccc2oc(C(=O)N[C@H](Cc3ccc(Cl)cc3)C(=O)N3CCN(c4ccccc4CN4CCCC4=O)CC3)cc(=O)c2c1. The first kappa shape index (κ1) is 31.2. The molecule has 2 aliphatic heterocycles. The number of hydrogen-bond acceptors (Lipinski definition) is 7. The van der Waals surface area contributed by atoms with Crippen molar-refractivity contribution in [3.63, 3.8) is 0 Å². The number of piperazine rings is 1. The van der Waals surface area contributed by atoms with E-state index in [4.69, 9.17) is 20.8 Å². The predicted octanol–water partition coefficient (Wildman–Crippen LogP) is 4.27.